The second-order valence-corrected chi connectivity index (χ2v) is 10.9. The summed E-state index contributed by atoms with van der Waals surface area (Å²) in [5.74, 6) is -0.240. The summed E-state index contributed by atoms with van der Waals surface area (Å²) in [5.41, 5.74) is 1.45. The number of rotatable bonds is 7. The molecule has 0 saturated carbocycles. The Bertz CT molecular complexity index is 1110. The van der Waals surface area contributed by atoms with Gasteiger partial charge in [-0.05, 0) is 49.1 Å². The lowest BCUT2D eigenvalue weighted by molar-refractivity contribution is -0.134. The van der Waals surface area contributed by atoms with Gasteiger partial charge in [-0.15, -0.1) is 0 Å². The van der Waals surface area contributed by atoms with E-state index in [1.165, 1.54) is 16.4 Å². The number of amides is 2. The third-order valence-corrected chi connectivity index (χ3v) is 8.69. The second kappa shape index (κ2) is 11.3. The van der Waals surface area contributed by atoms with Crippen LogP contribution in [0.15, 0.2) is 59.5 Å². The van der Waals surface area contributed by atoms with Gasteiger partial charge in [-0.3, -0.25) is 9.59 Å². The van der Waals surface area contributed by atoms with Crippen LogP contribution >= 0.6 is 0 Å². The third kappa shape index (κ3) is 5.91. The molecule has 8 nitrogen and oxygen atoms in total. The van der Waals surface area contributed by atoms with Gasteiger partial charge in [-0.1, -0.05) is 37.3 Å². The first-order valence-electron chi connectivity index (χ1n) is 12.2. The minimum atomic E-state index is -3.59. The number of hydrogen-bond acceptors (Lipinski definition) is 5. The zero-order chi connectivity index (χ0) is 24.8. The number of nitrogens with zero attached hydrogens (tertiary/aromatic N) is 2. The molecule has 2 aliphatic rings. The smallest absolute Gasteiger partial charge is 0.251 e. The third-order valence-electron chi connectivity index (χ3n) is 6.77. The molecule has 1 atom stereocenters. The SMILES string of the molecule is CCC(C(=O)N1CCC(NC(=O)c2ccc(S(=O)(=O)N3CCOCC3)cc2)CC1)c1ccccc1. The van der Waals surface area contributed by atoms with Gasteiger partial charge in [0, 0.05) is 37.8 Å². The second-order valence-electron chi connectivity index (χ2n) is 8.99. The number of hydrogen-bond donors (Lipinski definition) is 1. The number of ether oxygens (including phenoxy) is 1. The van der Waals surface area contributed by atoms with Crippen LogP contribution in [0.3, 0.4) is 0 Å². The Balaban J connectivity index is 1.30. The molecule has 35 heavy (non-hydrogen) atoms. The quantitative estimate of drug-likeness (QED) is 0.632. The van der Waals surface area contributed by atoms with Crippen LogP contribution in [0.25, 0.3) is 0 Å². The van der Waals surface area contributed by atoms with Gasteiger partial charge in [-0.25, -0.2) is 8.42 Å². The minimum absolute atomic E-state index is 0.0277. The van der Waals surface area contributed by atoms with Crippen molar-refractivity contribution in [2.45, 2.75) is 43.0 Å². The van der Waals surface area contributed by atoms with E-state index in [1.807, 2.05) is 42.2 Å². The molecule has 0 aliphatic carbocycles. The molecule has 2 fully saturated rings. The number of piperidine rings is 1. The van der Waals surface area contributed by atoms with Crippen molar-refractivity contribution < 1.29 is 22.7 Å². The first-order valence-corrected chi connectivity index (χ1v) is 13.7. The Morgan fingerprint density at radius 1 is 0.971 bits per heavy atom. The van der Waals surface area contributed by atoms with Crippen molar-refractivity contribution in [3.05, 3.63) is 65.7 Å². The molecule has 2 amide bonds. The summed E-state index contributed by atoms with van der Waals surface area (Å²) >= 11 is 0. The standard InChI is InChI=1S/C26H33N3O5S/c1-2-24(20-6-4-3-5-7-20)26(31)28-14-12-22(13-15-28)27-25(30)21-8-10-23(11-9-21)35(32,33)29-16-18-34-19-17-29/h3-11,22,24H,2,12-19H2,1H3,(H,27,30). The Kier molecular flexibility index (Phi) is 8.20. The van der Waals surface area contributed by atoms with E-state index in [4.69, 9.17) is 4.74 Å². The van der Waals surface area contributed by atoms with Crippen molar-refractivity contribution in [2.24, 2.45) is 0 Å². The summed E-state index contributed by atoms with van der Waals surface area (Å²) in [5, 5.41) is 3.04. The Morgan fingerprint density at radius 3 is 2.20 bits per heavy atom. The number of nitrogens with one attached hydrogen (secondary N) is 1. The van der Waals surface area contributed by atoms with Crippen LogP contribution in [0.2, 0.25) is 0 Å². The molecule has 2 saturated heterocycles. The van der Waals surface area contributed by atoms with Gasteiger partial charge >= 0.3 is 0 Å². The van der Waals surface area contributed by atoms with Crippen molar-refractivity contribution in [2.75, 3.05) is 39.4 Å². The summed E-state index contributed by atoms with van der Waals surface area (Å²) in [7, 11) is -3.59. The van der Waals surface area contributed by atoms with E-state index in [1.54, 1.807) is 12.1 Å². The summed E-state index contributed by atoms with van der Waals surface area (Å²) in [4.78, 5) is 27.9. The highest BCUT2D eigenvalue weighted by molar-refractivity contribution is 7.89. The summed E-state index contributed by atoms with van der Waals surface area (Å²) in [6.07, 6.45) is 2.12. The molecule has 4 rings (SSSR count). The van der Waals surface area contributed by atoms with E-state index >= 15 is 0 Å². The van der Waals surface area contributed by atoms with Crippen molar-refractivity contribution in [1.82, 2.24) is 14.5 Å². The maximum atomic E-state index is 13.1. The van der Waals surface area contributed by atoms with Gasteiger partial charge in [0.25, 0.3) is 5.91 Å². The molecule has 1 unspecified atom stereocenters. The van der Waals surface area contributed by atoms with Gasteiger partial charge in [0.15, 0.2) is 0 Å². The van der Waals surface area contributed by atoms with Gasteiger partial charge in [0.05, 0.1) is 24.0 Å². The number of sulfonamides is 1. The van der Waals surface area contributed by atoms with Gasteiger partial charge < -0.3 is 15.0 Å². The minimum Gasteiger partial charge on any atom is -0.379 e. The van der Waals surface area contributed by atoms with Crippen LogP contribution < -0.4 is 5.32 Å². The fourth-order valence-electron chi connectivity index (χ4n) is 4.69. The maximum absolute atomic E-state index is 13.1. The molecule has 2 aromatic rings. The lowest BCUT2D eigenvalue weighted by Gasteiger charge is -2.34. The van der Waals surface area contributed by atoms with E-state index in [0.29, 0.717) is 57.8 Å². The van der Waals surface area contributed by atoms with E-state index < -0.39 is 10.0 Å². The predicted molar refractivity (Wildman–Crippen MR) is 133 cm³/mol. The first-order chi connectivity index (χ1) is 16.9. The number of likely N-dealkylation sites (tertiary alicyclic amines) is 1. The average molecular weight is 500 g/mol. The molecular formula is C26H33N3O5S. The van der Waals surface area contributed by atoms with E-state index in [-0.39, 0.29) is 28.7 Å². The highest BCUT2D eigenvalue weighted by atomic mass is 32.2. The first kappa shape index (κ1) is 25.3. The van der Waals surface area contributed by atoms with Crippen LogP contribution in [-0.2, 0) is 19.6 Å². The topological polar surface area (TPSA) is 96.0 Å². The molecule has 0 aromatic heterocycles. The summed E-state index contributed by atoms with van der Waals surface area (Å²) in [6.45, 7) is 4.66. The van der Waals surface area contributed by atoms with E-state index in [9.17, 15) is 18.0 Å². The molecular weight excluding hydrogens is 466 g/mol. The monoisotopic (exact) mass is 499 g/mol. The average Bonchev–Trinajstić information content (AvgIpc) is 2.90. The molecule has 2 heterocycles. The molecule has 2 aromatic carbocycles. The van der Waals surface area contributed by atoms with E-state index in [2.05, 4.69) is 5.32 Å². The van der Waals surface area contributed by atoms with Crippen LogP contribution in [0.4, 0.5) is 0 Å². The summed E-state index contributed by atoms with van der Waals surface area (Å²) in [6, 6.07) is 15.9. The molecule has 0 spiro atoms. The Labute approximate surface area is 207 Å². The lowest BCUT2D eigenvalue weighted by Crippen LogP contribution is -2.47. The van der Waals surface area contributed by atoms with Crippen LogP contribution in [0.1, 0.15) is 48.0 Å². The predicted octanol–water partition coefficient (Wildman–Crippen LogP) is 2.62. The molecule has 2 aliphatic heterocycles. The zero-order valence-corrected chi connectivity index (χ0v) is 20.9. The lowest BCUT2D eigenvalue weighted by atomic mass is 9.93. The van der Waals surface area contributed by atoms with Crippen molar-refractivity contribution in [1.29, 1.82) is 0 Å². The zero-order valence-electron chi connectivity index (χ0n) is 20.1. The molecule has 1 N–H and O–H groups in total. The molecule has 0 bridgehead atoms. The largest absolute Gasteiger partial charge is 0.379 e. The van der Waals surface area contributed by atoms with Crippen LogP contribution in [-0.4, -0.2) is 74.9 Å². The summed E-state index contributed by atoms with van der Waals surface area (Å²) < 4.78 is 32.2. The highest BCUT2D eigenvalue weighted by Crippen LogP contribution is 2.24. The van der Waals surface area contributed by atoms with Crippen molar-refractivity contribution in [3.63, 3.8) is 0 Å². The fraction of sp³-hybridized carbons (Fsp3) is 0.462. The maximum Gasteiger partial charge on any atom is 0.251 e. The van der Waals surface area contributed by atoms with Crippen LogP contribution in [0, 0.1) is 0 Å². The van der Waals surface area contributed by atoms with Crippen LogP contribution in [0.5, 0.6) is 0 Å². The fourth-order valence-corrected chi connectivity index (χ4v) is 6.09. The Morgan fingerprint density at radius 2 is 1.60 bits per heavy atom. The van der Waals surface area contributed by atoms with E-state index in [0.717, 1.165) is 12.0 Å². The van der Waals surface area contributed by atoms with Gasteiger partial charge in [-0.2, -0.15) is 4.31 Å². The molecule has 188 valence electrons. The number of carbonyl (C=O) groups is 2. The number of carbonyl (C=O) groups excluding carboxylic acids is 2. The highest BCUT2D eigenvalue weighted by Gasteiger charge is 2.29. The molecule has 0 radical (unpaired) electrons. The number of morpholine rings is 1. The normalized spacial score (nSPS) is 18.7. The Hall–Kier alpha value is -2.75. The van der Waals surface area contributed by atoms with Crippen molar-refractivity contribution in [3.8, 4) is 0 Å². The molecule has 9 heteroatoms. The number of benzene rings is 2. The van der Waals surface area contributed by atoms with Gasteiger partial charge in [0.1, 0.15) is 0 Å². The van der Waals surface area contributed by atoms with Crippen molar-refractivity contribution >= 4 is 21.8 Å². The van der Waals surface area contributed by atoms with Gasteiger partial charge in [0.2, 0.25) is 15.9 Å².